The van der Waals surface area contributed by atoms with E-state index in [2.05, 4.69) is 12.1 Å². The largest absolute Gasteiger partial charge is 0.300 e. The van der Waals surface area contributed by atoms with Gasteiger partial charge in [0.25, 0.3) is 0 Å². The predicted octanol–water partition coefficient (Wildman–Crippen LogP) is 4.27. The van der Waals surface area contributed by atoms with E-state index in [1.54, 1.807) is 6.92 Å². The molecule has 0 radical (unpaired) electrons. The Morgan fingerprint density at radius 1 is 0.864 bits per heavy atom. The molecule has 2 aromatic carbocycles. The summed E-state index contributed by atoms with van der Waals surface area (Å²) in [7, 11) is 0. The molecule has 1 aliphatic rings. The van der Waals surface area contributed by atoms with Crippen molar-refractivity contribution in [2.24, 2.45) is 11.8 Å². The van der Waals surface area contributed by atoms with E-state index in [1.807, 2.05) is 48.5 Å². The van der Waals surface area contributed by atoms with Gasteiger partial charge in [0.2, 0.25) is 0 Å². The van der Waals surface area contributed by atoms with Crippen LogP contribution in [0.4, 0.5) is 0 Å². The van der Waals surface area contributed by atoms with Crippen molar-refractivity contribution in [3.05, 3.63) is 71.8 Å². The smallest absolute Gasteiger partial charge is 0.166 e. The zero-order chi connectivity index (χ0) is 15.5. The Kier molecular flexibility index (Phi) is 4.19. The molecule has 0 bridgehead atoms. The fraction of sp³-hybridized carbons (Fsp3) is 0.300. The van der Waals surface area contributed by atoms with Crippen molar-refractivity contribution < 1.29 is 9.59 Å². The van der Waals surface area contributed by atoms with Crippen molar-refractivity contribution in [2.75, 3.05) is 0 Å². The maximum atomic E-state index is 12.9. The van der Waals surface area contributed by atoms with Crippen LogP contribution in [0.2, 0.25) is 0 Å². The molecule has 0 aromatic heterocycles. The maximum Gasteiger partial charge on any atom is 0.166 e. The Labute approximate surface area is 131 Å². The molecule has 0 saturated heterocycles. The highest BCUT2D eigenvalue weighted by Gasteiger charge is 2.41. The lowest BCUT2D eigenvalue weighted by atomic mass is 9.84. The van der Waals surface area contributed by atoms with Gasteiger partial charge >= 0.3 is 0 Å². The van der Waals surface area contributed by atoms with Gasteiger partial charge in [-0.1, -0.05) is 60.7 Å². The van der Waals surface area contributed by atoms with E-state index in [-0.39, 0.29) is 29.3 Å². The maximum absolute atomic E-state index is 12.9. The van der Waals surface area contributed by atoms with Crippen LogP contribution in [0.3, 0.4) is 0 Å². The van der Waals surface area contributed by atoms with Gasteiger partial charge in [-0.05, 0) is 31.2 Å². The first-order valence-corrected chi connectivity index (χ1v) is 7.81. The first-order valence-electron chi connectivity index (χ1n) is 7.81. The van der Waals surface area contributed by atoms with E-state index < -0.39 is 0 Å². The zero-order valence-corrected chi connectivity index (χ0v) is 12.7. The van der Waals surface area contributed by atoms with Gasteiger partial charge in [0.15, 0.2) is 5.78 Å². The average molecular weight is 292 g/mol. The lowest BCUT2D eigenvalue weighted by Gasteiger charge is -2.18. The minimum Gasteiger partial charge on any atom is -0.300 e. The van der Waals surface area contributed by atoms with E-state index in [0.717, 1.165) is 12.0 Å². The molecule has 22 heavy (non-hydrogen) atoms. The van der Waals surface area contributed by atoms with Gasteiger partial charge < -0.3 is 0 Å². The number of benzene rings is 2. The number of rotatable bonds is 4. The minimum absolute atomic E-state index is 0.00266. The summed E-state index contributed by atoms with van der Waals surface area (Å²) in [4.78, 5) is 24.7. The molecule has 1 saturated carbocycles. The molecule has 1 aliphatic carbocycles. The van der Waals surface area contributed by atoms with E-state index in [9.17, 15) is 9.59 Å². The van der Waals surface area contributed by atoms with E-state index in [0.29, 0.717) is 6.42 Å². The molecule has 2 nitrogen and oxygen atoms in total. The molecular formula is C20H20O2. The first kappa shape index (κ1) is 14.7. The molecule has 0 aliphatic heterocycles. The molecular weight excluding hydrogens is 272 g/mol. The van der Waals surface area contributed by atoms with Gasteiger partial charge in [-0.25, -0.2) is 0 Å². The van der Waals surface area contributed by atoms with Crippen molar-refractivity contribution in [3.8, 4) is 0 Å². The van der Waals surface area contributed by atoms with Crippen LogP contribution in [0.1, 0.15) is 41.6 Å². The number of hydrogen-bond donors (Lipinski definition) is 0. The molecule has 0 heterocycles. The van der Waals surface area contributed by atoms with Crippen molar-refractivity contribution in [2.45, 2.75) is 25.7 Å². The quantitative estimate of drug-likeness (QED) is 0.789. The first-order chi connectivity index (χ1) is 10.7. The summed E-state index contributed by atoms with van der Waals surface area (Å²) >= 11 is 0. The van der Waals surface area contributed by atoms with E-state index >= 15 is 0 Å². The van der Waals surface area contributed by atoms with E-state index in [4.69, 9.17) is 0 Å². The lowest BCUT2D eigenvalue weighted by Crippen LogP contribution is -2.18. The van der Waals surface area contributed by atoms with Crippen LogP contribution in [-0.2, 0) is 4.79 Å². The van der Waals surface area contributed by atoms with E-state index in [1.165, 1.54) is 5.56 Å². The molecule has 3 rings (SSSR count). The van der Waals surface area contributed by atoms with Gasteiger partial charge in [0.05, 0.1) is 0 Å². The van der Waals surface area contributed by atoms with Gasteiger partial charge in [-0.2, -0.15) is 0 Å². The topological polar surface area (TPSA) is 34.1 Å². The van der Waals surface area contributed by atoms with Crippen molar-refractivity contribution in [1.29, 1.82) is 0 Å². The van der Waals surface area contributed by atoms with Crippen LogP contribution in [0.25, 0.3) is 0 Å². The Hall–Kier alpha value is -2.22. The second kappa shape index (κ2) is 6.27. The molecule has 1 fully saturated rings. The Morgan fingerprint density at radius 2 is 1.45 bits per heavy atom. The Bertz CT molecular complexity index is 661. The SMILES string of the molecule is CC(=O)[C@@H]1C[C@H](C(=O)c2ccccc2)[C@@H](c2ccccc2)C1. The summed E-state index contributed by atoms with van der Waals surface area (Å²) in [5.41, 5.74) is 1.91. The van der Waals surface area contributed by atoms with Gasteiger partial charge in [0, 0.05) is 17.4 Å². The fourth-order valence-electron chi connectivity index (χ4n) is 3.54. The summed E-state index contributed by atoms with van der Waals surface area (Å²) < 4.78 is 0. The third kappa shape index (κ3) is 2.87. The van der Waals surface area contributed by atoms with Crippen molar-refractivity contribution in [3.63, 3.8) is 0 Å². The monoisotopic (exact) mass is 292 g/mol. The molecule has 0 N–H and O–H groups in total. The Balaban J connectivity index is 1.92. The van der Waals surface area contributed by atoms with Crippen LogP contribution in [0, 0.1) is 11.8 Å². The molecule has 0 spiro atoms. The van der Waals surface area contributed by atoms with Gasteiger partial charge in [-0.3, -0.25) is 9.59 Å². The molecule has 2 aromatic rings. The van der Waals surface area contributed by atoms with Crippen LogP contribution in [0.15, 0.2) is 60.7 Å². The van der Waals surface area contributed by atoms with Crippen LogP contribution in [-0.4, -0.2) is 11.6 Å². The average Bonchev–Trinajstić information content (AvgIpc) is 3.01. The lowest BCUT2D eigenvalue weighted by molar-refractivity contribution is -0.120. The molecule has 2 heteroatoms. The third-order valence-corrected chi connectivity index (χ3v) is 4.76. The summed E-state index contributed by atoms with van der Waals surface area (Å²) in [5.74, 6) is 0.409. The molecule has 0 amide bonds. The highest BCUT2D eigenvalue weighted by Crippen LogP contribution is 2.44. The van der Waals surface area contributed by atoms with Crippen molar-refractivity contribution >= 4 is 11.6 Å². The highest BCUT2D eigenvalue weighted by atomic mass is 16.1. The Morgan fingerprint density at radius 3 is 2.05 bits per heavy atom. The van der Waals surface area contributed by atoms with Crippen LogP contribution in [0.5, 0.6) is 0 Å². The fourth-order valence-corrected chi connectivity index (χ4v) is 3.54. The van der Waals surface area contributed by atoms with Gasteiger partial charge in [-0.15, -0.1) is 0 Å². The number of carbonyl (C=O) groups excluding carboxylic acids is 2. The molecule has 3 atom stereocenters. The standard InChI is InChI=1S/C20H20O2/c1-14(21)17-12-18(15-8-4-2-5-9-15)19(13-17)20(22)16-10-6-3-7-11-16/h2-11,17-19H,12-13H2,1H3/t17-,18+,19-/m0/s1. The van der Waals surface area contributed by atoms with Gasteiger partial charge in [0.1, 0.15) is 5.78 Å². The third-order valence-electron chi connectivity index (χ3n) is 4.76. The van der Waals surface area contributed by atoms with Crippen LogP contribution < -0.4 is 0 Å². The molecule has 112 valence electrons. The summed E-state index contributed by atoms with van der Waals surface area (Å²) in [6.45, 7) is 1.64. The van der Waals surface area contributed by atoms with Crippen molar-refractivity contribution in [1.82, 2.24) is 0 Å². The second-order valence-corrected chi connectivity index (χ2v) is 6.13. The summed E-state index contributed by atoms with van der Waals surface area (Å²) in [6, 6.07) is 19.5. The molecule has 0 unspecified atom stereocenters. The number of ketones is 2. The number of carbonyl (C=O) groups is 2. The normalized spacial score (nSPS) is 24.1. The highest BCUT2D eigenvalue weighted by molar-refractivity contribution is 5.99. The minimum atomic E-state index is -0.0984. The predicted molar refractivity (Wildman–Crippen MR) is 86.9 cm³/mol. The second-order valence-electron chi connectivity index (χ2n) is 6.13. The number of Topliss-reactive ketones (excluding diaryl/α,β-unsaturated/α-hetero) is 2. The van der Waals surface area contributed by atoms with Crippen LogP contribution >= 0.6 is 0 Å². The number of hydrogen-bond acceptors (Lipinski definition) is 2. The summed E-state index contributed by atoms with van der Waals surface area (Å²) in [5, 5.41) is 0. The summed E-state index contributed by atoms with van der Waals surface area (Å²) in [6.07, 6.45) is 1.45. The zero-order valence-electron chi connectivity index (χ0n) is 12.7.